The molecule has 60 valence electrons. The van der Waals surface area contributed by atoms with Gasteiger partial charge >= 0.3 is 0 Å². The second-order valence-electron chi connectivity index (χ2n) is 2.45. The highest BCUT2D eigenvalue weighted by molar-refractivity contribution is 7.10. The molecule has 1 N–H and O–H groups in total. The van der Waals surface area contributed by atoms with Crippen LogP contribution in [0.15, 0.2) is 17.5 Å². The van der Waals surface area contributed by atoms with Crippen LogP contribution in [0.1, 0.15) is 10.4 Å². The van der Waals surface area contributed by atoms with Crippen molar-refractivity contribution in [2.45, 2.75) is 6.92 Å². The van der Waals surface area contributed by atoms with Crippen molar-refractivity contribution in [1.82, 2.24) is 5.32 Å². The Labute approximate surface area is 71.8 Å². The number of nitrogens with one attached hydrogen (secondary N) is 1. The van der Waals surface area contributed by atoms with Gasteiger partial charge in [-0.2, -0.15) is 0 Å². The Hall–Kier alpha value is -0.600. The molecule has 0 aromatic carbocycles. The molecule has 0 aliphatic rings. The number of likely N-dealkylation sites (N-methyl/N-ethyl adjacent to an activating group) is 1. The van der Waals surface area contributed by atoms with Crippen LogP contribution in [-0.4, -0.2) is 13.6 Å². The Kier molecular flexibility index (Phi) is 3.33. The first-order valence-corrected chi connectivity index (χ1v) is 4.57. The summed E-state index contributed by atoms with van der Waals surface area (Å²) >= 11 is 1.79. The highest BCUT2D eigenvalue weighted by Crippen LogP contribution is 2.13. The van der Waals surface area contributed by atoms with Crippen LogP contribution in [0.2, 0.25) is 0 Å². The summed E-state index contributed by atoms with van der Waals surface area (Å²) in [7, 11) is 1.95. The van der Waals surface area contributed by atoms with Gasteiger partial charge in [0.05, 0.1) is 0 Å². The van der Waals surface area contributed by atoms with E-state index in [1.807, 2.05) is 7.05 Å². The van der Waals surface area contributed by atoms with E-state index in [0.29, 0.717) is 0 Å². The summed E-state index contributed by atoms with van der Waals surface area (Å²) in [5, 5.41) is 5.23. The Bertz CT molecular complexity index is 237. The quantitative estimate of drug-likeness (QED) is 0.728. The third-order valence-corrected chi connectivity index (χ3v) is 2.26. The molecule has 11 heavy (non-hydrogen) atoms. The lowest BCUT2D eigenvalue weighted by molar-refractivity contribution is 0.922. The average Bonchev–Trinajstić information content (AvgIpc) is 2.37. The van der Waals surface area contributed by atoms with Crippen LogP contribution in [0.4, 0.5) is 0 Å². The highest BCUT2D eigenvalue weighted by Gasteiger charge is 1.88. The molecule has 1 nitrogen and oxygen atoms in total. The van der Waals surface area contributed by atoms with Gasteiger partial charge in [-0.1, -0.05) is 12.2 Å². The smallest absolute Gasteiger partial charge is 0.0135 e. The van der Waals surface area contributed by atoms with Crippen molar-refractivity contribution in [2.75, 3.05) is 13.6 Å². The van der Waals surface area contributed by atoms with E-state index in [1.54, 1.807) is 11.3 Å². The molecule has 1 aromatic rings. The zero-order valence-electron chi connectivity index (χ0n) is 6.92. The normalized spacial score (nSPS) is 11.1. The Morgan fingerprint density at radius 2 is 2.45 bits per heavy atom. The summed E-state index contributed by atoms with van der Waals surface area (Å²) in [5.74, 6) is 0. The van der Waals surface area contributed by atoms with E-state index in [4.69, 9.17) is 0 Å². The van der Waals surface area contributed by atoms with Crippen molar-refractivity contribution in [3.63, 3.8) is 0 Å². The molecule has 0 spiro atoms. The zero-order chi connectivity index (χ0) is 8.10. The van der Waals surface area contributed by atoms with Crippen LogP contribution in [0.25, 0.3) is 6.08 Å². The maximum atomic E-state index is 3.06. The van der Waals surface area contributed by atoms with E-state index in [9.17, 15) is 0 Å². The van der Waals surface area contributed by atoms with E-state index in [2.05, 4.69) is 35.8 Å². The largest absolute Gasteiger partial charge is 0.316 e. The van der Waals surface area contributed by atoms with Gasteiger partial charge in [0.25, 0.3) is 0 Å². The van der Waals surface area contributed by atoms with Crippen LogP contribution >= 0.6 is 11.3 Å². The molecule has 1 heterocycles. The van der Waals surface area contributed by atoms with Crippen molar-refractivity contribution < 1.29 is 0 Å². The first kappa shape index (κ1) is 8.50. The third-order valence-electron chi connectivity index (χ3n) is 1.38. The van der Waals surface area contributed by atoms with Gasteiger partial charge in [-0.3, -0.25) is 0 Å². The molecule has 0 saturated heterocycles. The predicted molar refractivity (Wildman–Crippen MR) is 52.0 cm³/mol. The first-order chi connectivity index (χ1) is 5.33. The Balaban J connectivity index is 2.50. The van der Waals surface area contributed by atoms with Gasteiger partial charge in [-0.25, -0.2) is 0 Å². The maximum Gasteiger partial charge on any atom is 0.0135 e. The molecule has 1 aromatic heterocycles. The van der Waals surface area contributed by atoms with Crippen molar-refractivity contribution in [2.24, 2.45) is 0 Å². The molecule has 0 saturated carbocycles. The fourth-order valence-electron chi connectivity index (χ4n) is 0.864. The average molecular weight is 167 g/mol. The standard InChI is InChI=1S/C9H13NS/c1-8-6-9(7-11-8)4-3-5-10-2/h3-4,6-7,10H,5H2,1-2H3. The summed E-state index contributed by atoms with van der Waals surface area (Å²) < 4.78 is 0. The molecule has 0 aliphatic heterocycles. The monoisotopic (exact) mass is 167 g/mol. The van der Waals surface area contributed by atoms with Crippen LogP contribution < -0.4 is 5.32 Å². The van der Waals surface area contributed by atoms with Crippen LogP contribution in [0.3, 0.4) is 0 Å². The van der Waals surface area contributed by atoms with E-state index < -0.39 is 0 Å². The van der Waals surface area contributed by atoms with E-state index in [0.717, 1.165) is 6.54 Å². The van der Waals surface area contributed by atoms with Crippen molar-refractivity contribution in [3.05, 3.63) is 28.0 Å². The van der Waals surface area contributed by atoms with Crippen molar-refractivity contribution in [3.8, 4) is 0 Å². The minimum atomic E-state index is 0.939. The number of rotatable bonds is 3. The Morgan fingerprint density at radius 3 is 3.00 bits per heavy atom. The lowest BCUT2D eigenvalue weighted by Gasteiger charge is -1.86. The second kappa shape index (κ2) is 4.31. The van der Waals surface area contributed by atoms with Gasteiger partial charge in [0, 0.05) is 11.4 Å². The number of hydrogen-bond acceptors (Lipinski definition) is 2. The molecule has 0 fully saturated rings. The minimum Gasteiger partial charge on any atom is -0.316 e. The van der Waals surface area contributed by atoms with E-state index >= 15 is 0 Å². The van der Waals surface area contributed by atoms with Gasteiger partial charge in [0.1, 0.15) is 0 Å². The second-order valence-corrected chi connectivity index (χ2v) is 3.57. The Morgan fingerprint density at radius 1 is 1.64 bits per heavy atom. The van der Waals surface area contributed by atoms with Crippen molar-refractivity contribution >= 4 is 17.4 Å². The fraction of sp³-hybridized carbons (Fsp3) is 0.333. The fourth-order valence-corrected chi connectivity index (χ4v) is 1.54. The number of aryl methyl sites for hydroxylation is 1. The minimum absolute atomic E-state index is 0.939. The lowest BCUT2D eigenvalue weighted by atomic mass is 10.3. The summed E-state index contributed by atoms with van der Waals surface area (Å²) in [5.41, 5.74) is 1.31. The molecule has 0 amide bonds. The summed E-state index contributed by atoms with van der Waals surface area (Å²) in [4.78, 5) is 1.37. The molecule has 0 unspecified atom stereocenters. The maximum absolute atomic E-state index is 3.06. The molecular formula is C9H13NS. The molecule has 0 bridgehead atoms. The summed E-state index contributed by atoms with van der Waals surface area (Å²) in [6, 6.07) is 2.19. The van der Waals surface area contributed by atoms with E-state index in [1.165, 1.54) is 10.4 Å². The predicted octanol–water partition coefficient (Wildman–Crippen LogP) is 2.29. The first-order valence-electron chi connectivity index (χ1n) is 3.69. The third kappa shape index (κ3) is 2.87. The summed E-state index contributed by atoms with van der Waals surface area (Å²) in [6.45, 7) is 3.06. The number of thiophene rings is 1. The molecule has 0 atom stereocenters. The lowest BCUT2D eigenvalue weighted by Crippen LogP contribution is -2.03. The molecule has 1 rings (SSSR count). The topological polar surface area (TPSA) is 12.0 Å². The number of hydrogen-bond donors (Lipinski definition) is 1. The molecule has 0 aliphatic carbocycles. The van der Waals surface area contributed by atoms with Crippen LogP contribution in [0, 0.1) is 6.92 Å². The van der Waals surface area contributed by atoms with Gasteiger partial charge < -0.3 is 5.32 Å². The van der Waals surface area contributed by atoms with E-state index in [-0.39, 0.29) is 0 Å². The van der Waals surface area contributed by atoms with Crippen molar-refractivity contribution in [1.29, 1.82) is 0 Å². The van der Waals surface area contributed by atoms with Crippen LogP contribution in [-0.2, 0) is 0 Å². The van der Waals surface area contributed by atoms with Gasteiger partial charge in [0.15, 0.2) is 0 Å². The molecule has 2 heteroatoms. The van der Waals surface area contributed by atoms with Gasteiger partial charge in [-0.15, -0.1) is 11.3 Å². The highest BCUT2D eigenvalue weighted by atomic mass is 32.1. The zero-order valence-corrected chi connectivity index (χ0v) is 7.74. The molecular weight excluding hydrogens is 154 g/mol. The van der Waals surface area contributed by atoms with Gasteiger partial charge in [0.2, 0.25) is 0 Å². The SMILES string of the molecule is CNCC=Cc1csc(C)c1. The van der Waals surface area contributed by atoms with Gasteiger partial charge in [-0.05, 0) is 31.0 Å². The summed E-state index contributed by atoms with van der Waals surface area (Å²) in [6.07, 6.45) is 4.27. The van der Waals surface area contributed by atoms with Crippen LogP contribution in [0.5, 0.6) is 0 Å². The molecule has 0 radical (unpaired) electrons.